The lowest BCUT2D eigenvalue weighted by Gasteiger charge is -2.20. The Kier molecular flexibility index (Phi) is 5.30. The molecule has 1 saturated heterocycles. The first-order valence-electron chi connectivity index (χ1n) is 6.93. The molecule has 6 nitrogen and oxygen atoms in total. The number of methoxy groups -OCH3 is 1. The van der Waals surface area contributed by atoms with Gasteiger partial charge in [0.2, 0.25) is 5.91 Å². The zero-order valence-corrected chi connectivity index (χ0v) is 11.9. The summed E-state index contributed by atoms with van der Waals surface area (Å²) in [6, 6.07) is 8.26. The van der Waals surface area contributed by atoms with Gasteiger partial charge in [0.1, 0.15) is 0 Å². The largest absolute Gasteiger partial charge is 0.481 e. The van der Waals surface area contributed by atoms with E-state index in [2.05, 4.69) is 10.6 Å². The average Bonchev–Trinajstić information content (AvgIpc) is 2.96. The molecule has 1 aromatic rings. The minimum absolute atomic E-state index is 0.0235. The number of nitrogens with one attached hydrogen (secondary N) is 2. The summed E-state index contributed by atoms with van der Waals surface area (Å²) in [5.41, 5.74) is 0.787. The molecule has 0 radical (unpaired) electrons. The Morgan fingerprint density at radius 1 is 1.43 bits per heavy atom. The van der Waals surface area contributed by atoms with Crippen LogP contribution in [0.25, 0.3) is 0 Å². The van der Waals surface area contributed by atoms with Crippen LogP contribution in [-0.2, 0) is 14.3 Å². The number of amides is 1. The van der Waals surface area contributed by atoms with Gasteiger partial charge in [-0.15, -0.1) is 0 Å². The second-order valence-electron chi connectivity index (χ2n) is 5.12. The fraction of sp³-hybridized carbons (Fsp3) is 0.467. The maximum absolute atomic E-state index is 12.2. The van der Waals surface area contributed by atoms with Crippen molar-refractivity contribution in [1.82, 2.24) is 10.6 Å². The lowest BCUT2D eigenvalue weighted by molar-refractivity contribution is -0.137. The molecule has 1 amide bonds. The van der Waals surface area contributed by atoms with Crippen molar-refractivity contribution in [2.24, 2.45) is 0 Å². The molecular formula is C15H20N2O4. The lowest BCUT2D eigenvalue weighted by Crippen LogP contribution is -2.42. The first-order chi connectivity index (χ1) is 10.1. The van der Waals surface area contributed by atoms with Gasteiger partial charge in [-0.2, -0.15) is 0 Å². The number of carboxylic acids is 1. The third-order valence-electron chi connectivity index (χ3n) is 3.64. The Morgan fingerprint density at radius 3 is 2.71 bits per heavy atom. The van der Waals surface area contributed by atoms with Gasteiger partial charge in [0.05, 0.1) is 24.6 Å². The van der Waals surface area contributed by atoms with Crippen molar-refractivity contribution < 1.29 is 19.4 Å². The summed E-state index contributed by atoms with van der Waals surface area (Å²) in [4.78, 5) is 23.2. The number of carbonyl (C=O) groups excluding carboxylic acids is 1. The molecule has 1 aromatic carbocycles. The highest BCUT2D eigenvalue weighted by molar-refractivity contribution is 5.83. The number of aliphatic carboxylic acids is 1. The molecular weight excluding hydrogens is 272 g/mol. The molecule has 1 aliphatic rings. The number of rotatable bonds is 6. The summed E-state index contributed by atoms with van der Waals surface area (Å²) in [5, 5.41) is 14.9. The van der Waals surface area contributed by atoms with E-state index in [0.29, 0.717) is 13.0 Å². The minimum atomic E-state index is -0.946. The molecule has 0 aromatic heterocycles. The van der Waals surface area contributed by atoms with Crippen molar-refractivity contribution >= 4 is 11.9 Å². The van der Waals surface area contributed by atoms with E-state index in [-0.39, 0.29) is 24.5 Å². The molecule has 0 saturated carbocycles. The van der Waals surface area contributed by atoms with Crippen molar-refractivity contribution in [2.75, 3.05) is 13.7 Å². The van der Waals surface area contributed by atoms with Crippen LogP contribution in [0.2, 0.25) is 0 Å². The van der Waals surface area contributed by atoms with Crippen molar-refractivity contribution in [3.8, 4) is 0 Å². The van der Waals surface area contributed by atoms with Gasteiger partial charge in [-0.25, -0.2) is 0 Å². The van der Waals surface area contributed by atoms with Gasteiger partial charge in [-0.1, -0.05) is 30.3 Å². The molecule has 6 heteroatoms. The van der Waals surface area contributed by atoms with Crippen LogP contribution in [0.15, 0.2) is 30.3 Å². The molecule has 3 atom stereocenters. The van der Waals surface area contributed by atoms with Gasteiger partial charge in [-0.3, -0.25) is 9.59 Å². The first-order valence-corrected chi connectivity index (χ1v) is 6.93. The molecule has 1 heterocycles. The molecule has 3 unspecified atom stereocenters. The van der Waals surface area contributed by atoms with Crippen molar-refractivity contribution in [3.05, 3.63) is 35.9 Å². The van der Waals surface area contributed by atoms with Crippen molar-refractivity contribution in [3.63, 3.8) is 0 Å². The van der Waals surface area contributed by atoms with E-state index in [1.165, 1.54) is 0 Å². The van der Waals surface area contributed by atoms with E-state index in [1.54, 1.807) is 7.11 Å². The fourth-order valence-electron chi connectivity index (χ4n) is 2.47. The molecule has 114 valence electrons. The zero-order valence-electron chi connectivity index (χ0n) is 11.9. The fourth-order valence-corrected chi connectivity index (χ4v) is 2.47. The van der Waals surface area contributed by atoms with E-state index >= 15 is 0 Å². The van der Waals surface area contributed by atoms with E-state index < -0.39 is 12.0 Å². The molecule has 2 rings (SSSR count). The van der Waals surface area contributed by atoms with Crippen LogP contribution in [0.4, 0.5) is 0 Å². The maximum atomic E-state index is 12.2. The Morgan fingerprint density at radius 2 is 2.14 bits per heavy atom. The number of carbonyl (C=O) groups is 2. The number of hydrogen-bond donors (Lipinski definition) is 3. The summed E-state index contributed by atoms with van der Waals surface area (Å²) in [6.45, 7) is 0.628. The molecule has 0 bridgehead atoms. The number of hydrogen-bond acceptors (Lipinski definition) is 4. The average molecular weight is 292 g/mol. The third kappa shape index (κ3) is 4.27. The summed E-state index contributed by atoms with van der Waals surface area (Å²) in [5.74, 6) is -1.14. The summed E-state index contributed by atoms with van der Waals surface area (Å²) >= 11 is 0. The van der Waals surface area contributed by atoms with E-state index in [1.807, 2.05) is 30.3 Å². The summed E-state index contributed by atoms with van der Waals surface area (Å²) in [6.07, 6.45) is 0.475. The Bertz CT molecular complexity index is 492. The maximum Gasteiger partial charge on any atom is 0.305 e. The predicted molar refractivity (Wildman–Crippen MR) is 76.8 cm³/mol. The SMILES string of the molecule is COC1CNC(C(=O)NC(CC(=O)O)c2ccccc2)C1. The van der Waals surface area contributed by atoms with Crippen molar-refractivity contribution in [2.45, 2.75) is 31.0 Å². The molecule has 0 spiro atoms. The standard InChI is InChI=1S/C15H20N2O4/c1-21-11-7-13(16-9-11)15(20)17-12(8-14(18)19)10-5-3-2-4-6-10/h2-6,11-13,16H,7-9H2,1H3,(H,17,20)(H,18,19). The minimum Gasteiger partial charge on any atom is -0.481 e. The molecule has 0 aliphatic carbocycles. The monoisotopic (exact) mass is 292 g/mol. The number of carboxylic acid groups (broad SMARTS) is 1. The Balaban J connectivity index is 2.02. The van der Waals surface area contributed by atoms with Gasteiger partial charge >= 0.3 is 5.97 Å². The smallest absolute Gasteiger partial charge is 0.305 e. The number of ether oxygens (including phenoxy) is 1. The predicted octanol–water partition coefficient (Wildman–Crippen LogP) is 0.696. The molecule has 21 heavy (non-hydrogen) atoms. The Hall–Kier alpha value is -1.92. The molecule has 3 N–H and O–H groups in total. The van der Waals surface area contributed by atoms with E-state index in [4.69, 9.17) is 9.84 Å². The van der Waals surface area contributed by atoms with Crippen LogP contribution in [0.3, 0.4) is 0 Å². The van der Waals surface area contributed by atoms with Crippen LogP contribution in [0, 0.1) is 0 Å². The zero-order chi connectivity index (χ0) is 15.2. The van der Waals surface area contributed by atoms with Crippen LogP contribution >= 0.6 is 0 Å². The lowest BCUT2D eigenvalue weighted by atomic mass is 10.0. The highest BCUT2D eigenvalue weighted by atomic mass is 16.5. The second kappa shape index (κ2) is 7.19. The first kappa shape index (κ1) is 15.5. The van der Waals surface area contributed by atoms with Gasteiger partial charge in [-0.05, 0) is 12.0 Å². The van der Waals surface area contributed by atoms with Crippen LogP contribution < -0.4 is 10.6 Å². The van der Waals surface area contributed by atoms with E-state index in [0.717, 1.165) is 5.56 Å². The van der Waals surface area contributed by atoms with Gasteiger partial charge < -0.3 is 20.5 Å². The topological polar surface area (TPSA) is 87.7 Å². The van der Waals surface area contributed by atoms with Crippen LogP contribution in [0.1, 0.15) is 24.4 Å². The molecule has 1 aliphatic heterocycles. The van der Waals surface area contributed by atoms with E-state index in [9.17, 15) is 9.59 Å². The summed E-state index contributed by atoms with van der Waals surface area (Å²) in [7, 11) is 1.61. The van der Waals surface area contributed by atoms with Gasteiger partial charge in [0, 0.05) is 13.7 Å². The number of benzene rings is 1. The highest BCUT2D eigenvalue weighted by Gasteiger charge is 2.31. The van der Waals surface area contributed by atoms with Crippen molar-refractivity contribution in [1.29, 1.82) is 0 Å². The second-order valence-corrected chi connectivity index (χ2v) is 5.12. The quantitative estimate of drug-likeness (QED) is 0.718. The van der Waals surface area contributed by atoms with Gasteiger partial charge in [0.15, 0.2) is 0 Å². The third-order valence-corrected chi connectivity index (χ3v) is 3.64. The highest BCUT2D eigenvalue weighted by Crippen LogP contribution is 2.18. The van der Waals surface area contributed by atoms with Gasteiger partial charge in [0.25, 0.3) is 0 Å². The van der Waals surface area contributed by atoms with Crippen LogP contribution in [0.5, 0.6) is 0 Å². The normalized spacial score (nSPS) is 22.7. The Labute approximate surface area is 123 Å². The summed E-state index contributed by atoms with van der Waals surface area (Å²) < 4.78 is 5.21. The molecule has 1 fully saturated rings. The van der Waals surface area contributed by atoms with Crippen LogP contribution in [-0.4, -0.2) is 42.8 Å².